The minimum atomic E-state index is -1.20. The van der Waals surface area contributed by atoms with Crippen LogP contribution in [-0.2, 0) is 19.2 Å². The molecule has 0 aromatic carbocycles. The molecular weight excluding hydrogens is 224 g/mol. The maximum atomic E-state index is 10.9. The maximum absolute atomic E-state index is 10.9. The van der Waals surface area contributed by atoms with Gasteiger partial charge in [0.25, 0.3) is 5.09 Å². The molecule has 3 N–H and O–H groups in total. The van der Waals surface area contributed by atoms with Crippen LogP contribution in [0.4, 0.5) is 0 Å². The van der Waals surface area contributed by atoms with E-state index in [1.165, 1.54) is 0 Å². The molecule has 0 unspecified atom stereocenters. The molecule has 0 radical (unpaired) electrons. The summed E-state index contributed by atoms with van der Waals surface area (Å²) >= 11 is 0. The highest BCUT2D eigenvalue weighted by Crippen LogP contribution is 1.97. The van der Waals surface area contributed by atoms with Gasteiger partial charge in [0.1, 0.15) is 19.3 Å². The Bertz CT molecular complexity index is 267. The molecule has 0 aliphatic heterocycles. The fourth-order valence-corrected chi connectivity index (χ4v) is 0.736. The molecule has 0 bridgehead atoms. The molecule has 0 aromatic rings. The summed E-state index contributed by atoms with van der Waals surface area (Å²) in [6.07, 6.45) is -0.212. The molecule has 16 heavy (non-hydrogen) atoms. The zero-order valence-electron chi connectivity index (χ0n) is 8.33. The van der Waals surface area contributed by atoms with E-state index in [4.69, 9.17) is 10.8 Å². The third kappa shape index (κ3) is 7.50. The number of carboxylic acids is 1. The lowest BCUT2D eigenvalue weighted by molar-refractivity contribution is -0.757. The van der Waals surface area contributed by atoms with Gasteiger partial charge in [0.05, 0.1) is 0 Å². The molecule has 0 aliphatic carbocycles. The van der Waals surface area contributed by atoms with E-state index < -0.39 is 23.1 Å². The van der Waals surface area contributed by atoms with E-state index in [-0.39, 0.29) is 26.1 Å². The first-order chi connectivity index (χ1) is 7.43. The Hall–Kier alpha value is -1.90. The lowest BCUT2D eigenvalue weighted by Crippen LogP contribution is -2.30. The third-order valence-electron chi connectivity index (χ3n) is 1.52. The molecule has 9 heteroatoms. The number of esters is 1. The van der Waals surface area contributed by atoms with Crippen molar-refractivity contribution >= 4 is 11.9 Å². The smallest absolute Gasteiger partial charge is 0.320 e. The average Bonchev–Trinajstić information content (AvgIpc) is 2.20. The summed E-state index contributed by atoms with van der Waals surface area (Å²) in [5.41, 5.74) is 5.14. The van der Waals surface area contributed by atoms with Gasteiger partial charge in [-0.3, -0.25) is 9.59 Å². The van der Waals surface area contributed by atoms with Crippen molar-refractivity contribution in [1.82, 2.24) is 0 Å². The number of carbonyl (C=O) groups is 2. The second kappa shape index (κ2) is 7.40. The van der Waals surface area contributed by atoms with Crippen molar-refractivity contribution in [2.45, 2.75) is 18.9 Å². The van der Waals surface area contributed by atoms with Crippen molar-refractivity contribution < 1.29 is 29.4 Å². The Morgan fingerprint density at radius 1 is 1.44 bits per heavy atom. The maximum Gasteiger partial charge on any atom is 0.320 e. The topological polar surface area (TPSA) is 142 Å². The summed E-state index contributed by atoms with van der Waals surface area (Å²) in [7, 11) is 0. The van der Waals surface area contributed by atoms with E-state index >= 15 is 0 Å². The highest BCUT2D eigenvalue weighted by molar-refractivity contribution is 5.75. The number of carboxylic acid groups (broad SMARTS) is 1. The Balaban J connectivity index is 3.52. The Labute approximate surface area is 90.2 Å². The number of rotatable bonds is 8. The number of hydrogen-bond acceptors (Lipinski definition) is 7. The van der Waals surface area contributed by atoms with Crippen molar-refractivity contribution in [3.05, 3.63) is 10.1 Å². The van der Waals surface area contributed by atoms with Gasteiger partial charge in [0, 0.05) is 6.42 Å². The van der Waals surface area contributed by atoms with Crippen LogP contribution in [0.15, 0.2) is 0 Å². The lowest BCUT2D eigenvalue weighted by Gasteiger charge is -2.06. The minimum absolute atomic E-state index is 0.0513. The second-order valence-corrected chi connectivity index (χ2v) is 2.76. The van der Waals surface area contributed by atoms with Crippen LogP contribution < -0.4 is 5.73 Å². The van der Waals surface area contributed by atoms with Crippen LogP contribution in [0, 0.1) is 10.1 Å². The predicted octanol–water partition coefficient (Wildman–Crippen LogP) is -1.07. The van der Waals surface area contributed by atoms with Crippen molar-refractivity contribution in [2.24, 2.45) is 5.73 Å². The largest absolute Gasteiger partial charge is 0.480 e. The molecule has 0 amide bonds. The van der Waals surface area contributed by atoms with E-state index in [1.807, 2.05) is 0 Å². The van der Waals surface area contributed by atoms with E-state index in [2.05, 4.69) is 9.57 Å². The number of nitrogens with zero attached hydrogens (tertiary/aromatic N) is 1. The van der Waals surface area contributed by atoms with Crippen LogP contribution in [-0.4, -0.2) is 41.4 Å². The zero-order chi connectivity index (χ0) is 12.6. The molecule has 0 aliphatic rings. The van der Waals surface area contributed by atoms with E-state index in [9.17, 15) is 19.7 Å². The monoisotopic (exact) mass is 236 g/mol. The number of hydrogen-bond donors (Lipinski definition) is 2. The van der Waals surface area contributed by atoms with Crippen LogP contribution in [0.1, 0.15) is 12.8 Å². The number of aliphatic carboxylic acids is 1. The van der Waals surface area contributed by atoms with Crippen LogP contribution in [0.2, 0.25) is 0 Å². The summed E-state index contributed by atoms with van der Waals surface area (Å²) in [6.45, 7) is -0.619. The standard InChI is InChI=1S/C7H12N2O7/c8-5(7(11)12)1-2-6(10)15-3-4-16-9(13)14/h5H,1-4,8H2,(H,11,12)/t5-/m0/s1. The molecular formula is C7H12N2O7. The van der Waals surface area contributed by atoms with Gasteiger partial charge in [-0.25, -0.2) is 0 Å². The van der Waals surface area contributed by atoms with Gasteiger partial charge in [0.15, 0.2) is 0 Å². The molecule has 0 heterocycles. The number of ether oxygens (including phenoxy) is 1. The van der Waals surface area contributed by atoms with Crippen LogP contribution in [0.3, 0.4) is 0 Å². The van der Waals surface area contributed by atoms with Crippen molar-refractivity contribution in [3.8, 4) is 0 Å². The van der Waals surface area contributed by atoms with Gasteiger partial charge in [-0.2, -0.15) is 0 Å². The summed E-state index contributed by atoms with van der Waals surface area (Å²) in [5.74, 6) is -1.88. The molecule has 92 valence electrons. The summed E-state index contributed by atoms with van der Waals surface area (Å²) in [6, 6.07) is -1.12. The highest BCUT2D eigenvalue weighted by atomic mass is 17.0. The zero-order valence-corrected chi connectivity index (χ0v) is 8.33. The Morgan fingerprint density at radius 3 is 2.56 bits per heavy atom. The first-order valence-electron chi connectivity index (χ1n) is 4.34. The molecule has 0 aromatic heterocycles. The van der Waals surface area contributed by atoms with Gasteiger partial charge in [-0.1, -0.05) is 0 Å². The van der Waals surface area contributed by atoms with Gasteiger partial charge in [0.2, 0.25) is 0 Å². The first kappa shape index (κ1) is 14.1. The predicted molar refractivity (Wildman–Crippen MR) is 48.8 cm³/mol. The fraction of sp³-hybridized carbons (Fsp3) is 0.714. The molecule has 0 spiro atoms. The average molecular weight is 236 g/mol. The van der Waals surface area contributed by atoms with Crippen molar-refractivity contribution in [3.63, 3.8) is 0 Å². The molecule has 0 rings (SSSR count). The van der Waals surface area contributed by atoms with E-state index in [1.54, 1.807) is 0 Å². The SMILES string of the molecule is N[C@@H](CCC(=O)OCCO[N+](=O)[O-])C(=O)O. The van der Waals surface area contributed by atoms with E-state index in [0.717, 1.165) is 0 Å². The van der Waals surface area contributed by atoms with Crippen LogP contribution >= 0.6 is 0 Å². The molecule has 0 saturated heterocycles. The third-order valence-corrected chi connectivity index (χ3v) is 1.52. The molecule has 0 fully saturated rings. The van der Waals surface area contributed by atoms with Crippen molar-refractivity contribution in [1.29, 1.82) is 0 Å². The fourth-order valence-electron chi connectivity index (χ4n) is 0.736. The van der Waals surface area contributed by atoms with Crippen molar-refractivity contribution in [2.75, 3.05) is 13.2 Å². The summed E-state index contributed by atoms with van der Waals surface area (Å²) in [4.78, 5) is 34.8. The number of carbonyl (C=O) groups excluding carboxylic acids is 1. The summed E-state index contributed by atoms with van der Waals surface area (Å²) in [5, 5.41) is 17.1. The van der Waals surface area contributed by atoms with Gasteiger partial charge in [-0.05, 0) is 6.42 Å². The summed E-state index contributed by atoms with van der Waals surface area (Å²) < 4.78 is 4.51. The second-order valence-electron chi connectivity index (χ2n) is 2.76. The quantitative estimate of drug-likeness (QED) is 0.235. The lowest BCUT2D eigenvalue weighted by atomic mass is 10.2. The molecule has 0 saturated carbocycles. The molecule has 9 nitrogen and oxygen atoms in total. The van der Waals surface area contributed by atoms with Gasteiger partial charge < -0.3 is 20.4 Å². The van der Waals surface area contributed by atoms with Crippen LogP contribution in [0.5, 0.6) is 0 Å². The van der Waals surface area contributed by atoms with Crippen LogP contribution in [0.25, 0.3) is 0 Å². The minimum Gasteiger partial charge on any atom is -0.480 e. The number of nitrogens with two attached hydrogens (primary N) is 1. The normalized spacial score (nSPS) is 11.6. The first-order valence-corrected chi connectivity index (χ1v) is 4.34. The Kier molecular flexibility index (Phi) is 6.52. The van der Waals surface area contributed by atoms with Gasteiger partial charge in [-0.15, -0.1) is 10.1 Å². The van der Waals surface area contributed by atoms with E-state index in [0.29, 0.717) is 0 Å². The van der Waals surface area contributed by atoms with Gasteiger partial charge >= 0.3 is 11.9 Å². The highest BCUT2D eigenvalue weighted by Gasteiger charge is 2.13. The molecule has 1 atom stereocenters. The Morgan fingerprint density at radius 2 is 2.06 bits per heavy atom.